The normalized spacial score (nSPS) is 12.9. The predicted molar refractivity (Wildman–Crippen MR) is 90.7 cm³/mol. The van der Waals surface area contributed by atoms with Gasteiger partial charge in [-0.2, -0.15) is 0 Å². The van der Waals surface area contributed by atoms with E-state index >= 15 is 0 Å². The maximum atomic E-state index is 11.2. The maximum absolute atomic E-state index is 11.2. The molecule has 0 saturated heterocycles. The summed E-state index contributed by atoms with van der Waals surface area (Å²) < 4.78 is 4.63. The number of nitrogens with zero attached hydrogens (tertiary/aromatic N) is 1. The lowest BCUT2D eigenvalue weighted by atomic mass is 10.1. The third kappa shape index (κ3) is 2.74. The van der Waals surface area contributed by atoms with Crippen molar-refractivity contribution in [1.29, 1.82) is 0 Å². The number of hydrogen-bond donors (Lipinski definition) is 0. The van der Waals surface area contributed by atoms with Gasteiger partial charge in [0.25, 0.3) is 0 Å². The average Bonchev–Trinajstić information content (AvgIpc) is 2.57. The van der Waals surface area contributed by atoms with Gasteiger partial charge in [0.05, 0.1) is 18.5 Å². The summed E-state index contributed by atoms with van der Waals surface area (Å²) in [5, 5.41) is 0. The van der Waals surface area contributed by atoms with Gasteiger partial charge in [-0.15, -0.1) is 0 Å². The number of esters is 1. The Morgan fingerprint density at radius 1 is 1.18 bits per heavy atom. The highest BCUT2D eigenvalue weighted by Gasteiger charge is 2.21. The van der Waals surface area contributed by atoms with E-state index in [9.17, 15) is 4.79 Å². The summed E-state index contributed by atoms with van der Waals surface area (Å²) >= 11 is 1.76. The second-order valence-electron chi connectivity index (χ2n) is 4.90. The van der Waals surface area contributed by atoms with Gasteiger partial charge in [0.15, 0.2) is 0 Å². The van der Waals surface area contributed by atoms with Crippen LogP contribution >= 0.6 is 11.8 Å². The molecule has 4 heteroatoms. The Morgan fingerprint density at radius 2 is 1.95 bits per heavy atom. The van der Waals surface area contributed by atoms with Gasteiger partial charge in [0.2, 0.25) is 0 Å². The highest BCUT2D eigenvalue weighted by molar-refractivity contribution is 7.99. The largest absolute Gasteiger partial charge is 0.466 e. The smallest absolute Gasteiger partial charge is 0.330 e. The molecule has 0 atom stereocenters. The van der Waals surface area contributed by atoms with Gasteiger partial charge in [-0.05, 0) is 42.8 Å². The Kier molecular flexibility index (Phi) is 4.20. The van der Waals surface area contributed by atoms with Crippen LogP contribution in [0.5, 0.6) is 0 Å². The summed E-state index contributed by atoms with van der Waals surface area (Å²) in [5.74, 6) is -0.342. The summed E-state index contributed by atoms with van der Waals surface area (Å²) in [6.45, 7) is 3.07. The second-order valence-corrected chi connectivity index (χ2v) is 5.98. The van der Waals surface area contributed by atoms with Crippen molar-refractivity contribution in [3.63, 3.8) is 0 Å². The van der Waals surface area contributed by atoms with Gasteiger partial charge < -0.3 is 9.64 Å². The number of rotatable bonds is 3. The molecule has 0 spiro atoms. The van der Waals surface area contributed by atoms with Gasteiger partial charge >= 0.3 is 5.97 Å². The number of methoxy groups -OCH3 is 1. The number of para-hydroxylation sites is 1. The van der Waals surface area contributed by atoms with Crippen molar-refractivity contribution in [2.75, 3.05) is 18.6 Å². The molecule has 1 aliphatic heterocycles. The first-order chi connectivity index (χ1) is 10.7. The average molecular weight is 311 g/mol. The SMILES string of the molecule is CCN1c2ccccc2Sc2cc(/C=C/C(=O)OC)ccc21. The molecular weight excluding hydrogens is 294 g/mol. The standard InChI is InChI=1S/C18H17NO2S/c1-3-19-14-6-4-5-7-16(14)22-17-12-13(8-10-15(17)19)9-11-18(20)21-2/h4-12H,3H2,1-2H3/b11-9+. The Balaban J connectivity index is 1.97. The number of carbonyl (C=O) groups excluding carboxylic acids is 1. The summed E-state index contributed by atoms with van der Waals surface area (Å²) in [4.78, 5) is 16.0. The number of fused-ring (bicyclic) bond motifs is 2. The van der Waals surface area contributed by atoms with E-state index in [2.05, 4.69) is 53.0 Å². The van der Waals surface area contributed by atoms with Crippen LogP contribution in [-0.2, 0) is 9.53 Å². The third-order valence-electron chi connectivity index (χ3n) is 3.58. The predicted octanol–water partition coefficient (Wildman–Crippen LogP) is 4.50. The minimum absolute atomic E-state index is 0.342. The molecular formula is C18H17NO2S. The molecule has 0 N–H and O–H groups in total. The van der Waals surface area contributed by atoms with Gasteiger partial charge in [0, 0.05) is 22.4 Å². The zero-order valence-electron chi connectivity index (χ0n) is 12.6. The topological polar surface area (TPSA) is 29.5 Å². The molecule has 0 aliphatic carbocycles. The molecule has 1 heterocycles. The van der Waals surface area contributed by atoms with Crippen LogP contribution in [0.25, 0.3) is 6.08 Å². The van der Waals surface area contributed by atoms with E-state index in [0.717, 1.165) is 12.1 Å². The minimum atomic E-state index is -0.342. The third-order valence-corrected chi connectivity index (χ3v) is 4.69. The molecule has 3 rings (SSSR count). The van der Waals surface area contributed by atoms with Gasteiger partial charge in [-0.3, -0.25) is 0 Å². The Morgan fingerprint density at radius 3 is 2.73 bits per heavy atom. The minimum Gasteiger partial charge on any atom is -0.466 e. The van der Waals surface area contributed by atoms with Gasteiger partial charge in [-0.25, -0.2) is 4.79 Å². The summed E-state index contributed by atoms with van der Waals surface area (Å²) in [7, 11) is 1.38. The van der Waals surface area contributed by atoms with E-state index in [4.69, 9.17) is 0 Å². The Labute approximate surface area is 134 Å². The molecule has 22 heavy (non-hydrogen) atoms. The van der Waals surface area contributed by atoms with E-state index in [1.165, 1.54) is 34.4 Å². The first-order valence-corrected chi connectivity index (χ1v) is 7.99. The molecule has 3 nitrogen and oxygen atoms in total. The molecule has 1 aliphatic rings. The number of carbonyl (C=O) groups is 1. The molecule has 0 aromatic heterocycles. The lowest BCUT2D eigenvalue weighted by molar-refractivity contribution is -0.134. The van der Waals surface area contributed by atoms with E-state index in [0.29, 0.717) is 0 Å². The molecule has 2 aromatic carbocycles. The van der Waals surface area contributed by atoms with Crippen LogP contribution in [0.4, 0.5) is 11.4 Å². The zero-order chi connectivity index (χ0) is 15.5. The maximum Gasteiger partial charge on any atom is 0.330 e. The van der Waals surface area contributed by atoms with Crippen molar-refractivity contribution >= 4 is 35.2 Å². The molecule has 112 valence electrons. The van der Waals surface area contributed by atoms with Crippen molar-refractivity contribution in [1.82, 2.24) is 0 Å². The monoisotopic (exact) mass is 311 g/mol. The van der Waals surface area contributed by atoms with Crippen molar-refractivity contribution in [3.8, 4) is 0 Å². The van der Waals surface area contributed by atoms with E-state index < -0.39 is 0 Å². The van der Waals surface area contributed by atoms with E-state index in [1.807, 2.05) is 6.07 Å². The molecule has 2 aromatic rings. The van der Waals surface area contributed by atoms with Crippen molar-refractivity contribution in [2.24, 2.45) is 0 Å². The van der Waals surface area contributed by atoms with Crippen molar-refractivity contribution < 1.29 is 9.53 Å². The highest BCUT2D eigenvalue weighted by atomic mass is 32.2. The quantitative estimate of drug-likeness (QED) is 0.617. The van der Waals surface area contributed by atoms with E-state index in [-0.39, 0.29) is 5.97 Å². The van der Waals surface area contributed by atoms with Crippen LogP contribution < -0.4 is 4.90 Å². The van der Waals surface area contributed by atoms with Crippen LogP contribution in [0, 0.1) is 0 Å². The van der Waals surface area contributed by atoms with Crippen LogP contribution in [-0.4, -0.2) is 19.6 Å². The molecule has 0 amide bonds. The molecule has 0 fully saturated rings. The van der Waals surface area contributed by atoms with Crippen LogP contribution in [0.3, 0.4) is 0 Å². The second kappa shape index (κ2) is 6.28. The van der Waals surface area contributed by atoms with E-state index in [1.54, 1.807) is 17.8 Å². The summed E-state index contributed by atoms with van der Waals surface area (Å²) in [5.41, 5.74) is 3.45. The lowest BCUT2D eigenvalue weighted by Gasteiger charge is -2.32. The number of anilines is 2. The number of benzene rings is 2. The Hall–Kier alpha value is -2.20. The number of hydrogen-bond acceptors (Lipinski definition) is 4. The fourth-order valence-corrected chi connectivity index (χ4v) is 3.67. The van der Waals surface area contributed by atoms with Crippen LogP contribution in [0.2, 0.25) is 0 Å². The first-order valence-electron chi connectivity index (χ1n) is 7.17. The fraction of sp³-hybridized carbons (Fsp3) is 0.167. The summed E-state index contributed by atoms with van der Waals surface area (Å²) in [6, 6.07) is 14.7. The molecule has 0 saturated carbocycles. The highest BCUT2D eigenvalue weighted by Crippen LogP contribution is 2.48. The molecule has 0 unspecified atom stereocenters. The lowest BCUT2D eigenvalue weighted by Crippen LogP contribution is -2.19. The number of ether oxygens (including phenoxy) is 1. The van der Waals surface area contributed by atoms with Crippen molar-refractivity contribution in [2.45, 2.75) is 16.7 Å². The van der Waals surface area contributed by atoms with Gasteiger partial charge in [0.1, 0.15) is 0 Å². The Bertz CT molecular complexity index is 740. The van der Waals surface area contributed by atoms with Crippen LogP contribution in [0.1, 0.15) is 12.5 Å². The van der Waals surface area contributed by atoms with Gasteiger partial charge in [-0.1, -0.05) is 30.0 Å². The summed E-state index contributed by atoms with van der Waals surface area (Å²) in [6.07, 6.45) is 3.23. The zero-order valence-corrected chi connectivity index (χ0v) is 13.4. The molecule has 0 bridgehead atoms. The fourth-order valence-electron chi connectivity index (χ4n) is 2.53. The first kappa shape index (κ1) is 14.7. The van der Waals surface area contributed by atoms with Crippen LogP contribution in [0.15, 0.2) is 58.3 Å². The molecule has 0 radical (unpaired) electrons. The van der Waals surface area contributed by atoms with Crippen molar-refractivity contribution in [3.05, 3.63) is 54.1 Å².